The molecule has 6 nitrogen and oxygen atoms in total. The van der Waals surface area contributed by atoms with E-state index in [0.717, 1.165) is 25.2 Å². The van der Waals surface area contributed by atoms with Gasteiger partial charge in [0.05, 0.1) is 12.3 Å². The Labute approximate surface area is 117 Å². The molecule has 0 radical (unpaired) electrons. The smallest absolute Gasteiger partial charge is 0.293 e. The number of halogens is 1. The maximum Gasteiger partial charge on any atom is 0.293 e. The Morgan fingerprint density at radius 2 is 2.32 bits per heavy atom. The minimum absolute atomic E-state index is 0. The van der Waals surface area contributed by atoms with E-state index in [1.54, 1.807) is 6.26 Å². The van der Waals surface area contributed by atoms with Gasteiger partial charge in [-0.05, 0) is 20.0 Å². The summed E-state index contributed by atoms with van der Waals surface area (Å²) in [7, 11) is 2.07. The van der Waals surface area contributed by atoms with Crippen molar-refractivity contribution in [3.63, 3.8) is 0 Å². The predicted octanol–water partition coefficient (Wildman–Crippen LogP) is 1.64. The fraction of sp³-hybridized carbons (Fsp3) is 0.500. The number of furan rings is 1. The van der Waals surface area contributed by atoms with Gasteiger partial charge in [0, 0.05) is 25.2 Å². The number of nitrogens with one attached hydrogen (secondary N) is 1. The number of rotatable bonds is 2. The standard InChI is InChI=1S/C12H16N4O2.ClH/c1-8-3-6-17-10(8)12-14-11(15-18-12)9-7-13-4-5-16(9)2;/h3,6,9,13H,4-5,7H2,1-2H3;1H. The summed E-state index contributed by atoms with van der Waals surface area (Å²) in [5.41, 5.74) is 1.00. The second kappa shape index (κ2) is 5.73. The molecular weight excluding hydrogens is 268 g/mol. The number of aromatic nitrogens is 2. The SMILES string of the molecule is Cc1ccoc1-c1nc(C2CNCCN2C)no1.Cl. The van der Waals surface area contributed by atoms with Gasteiger partial charge in [-0.1, -0.05) is 5.16 Å². The van der Waals surface area contributed by atoms with Crippen molar-refractivity contribution in [1.82, 2.24) is 20.4 Å². The minimum Gasteiger partial charge on any atom is -0.459 e. The topological polar surface area (TPSA) is 67.3 Å². The van der Waals surface area contributed by atoms with Gasteiger partial charge in [-0.2, -0.15) is 4.98 Å². The molecule has 104 valence electrons. The summed E-state index contributed by atoms with van der Waals surface area (Å²) < 4.78 is 10.6. The summed E-state index contributed by atoms with van der Waals surface area (Å²) in [6.45, 7) is 4.77. The first-order valence-electron chi connectivity index (χ1n) is 6.05. The first-order valence-corrected chi connectivity index (χ1v) is 6.05. The van der Waals surface area contributed by atoms with E-state index in [2.05, 4.69) is 27.4 Å². The van der Waals surface area contributed by atoms with Gasteiger partial charge < -0.3 is 14.3 Å². The first kappa shape index (κ1) is 14.0. The molecular formula is C12H17ClN4O2. The van der Waals surface area contributed by atoms with Gasteiger partial charge in [-0.15, -0.1) is 12.4 Å². The van der Waals surface area contributed by atoms with Gasteiger partial charge in [0.1, 0.15) is 0 Å². The lowest BCUT2D eigenvalue weighted by atomic mass is 10.2. The van der Waals surface area contributed by atoms with Crippen LogP contribution in [0.2, 0.25) is 0 Å². The highest BCUT2D eigenvalue weighted by molar-refractivity contribution is 5.85. The molecule has 19 heavy (non-hydrogen) atoms. The highest BCUT2D eigenvalue weighted by Gasteiger charge is 2.26. The van der Waals surface area contributed by atoms with Crippen molar-refractivity contribution in [3.8, 4) is 11.7 Å². The van der Waals surface area contributed by atoms with E-state index < -0.39 is 0 Å². The molecule has 1 atom stereocenters. The summed E-state index contributed by atoms with van der Waals surface area (Å²) >= 11 is 0. The molecule has 2 aromatic heterocycles. The zero-order valence-electron chi connectivity index (χ0n) is 10.9. The summed E-state index contributed by atoms with van der Waals surface area (Å²) in [5, 5.41) is 7.39. The van der Waals surface area contributed by atoms with Crippen molar-refractivity contribution < 1.29 is 8.94 Å². The third kappa shape index (κ3) is 2.65. The van der Waals surface area contributed by atoms with Crippen molar-refractivity contribution in [2.24, 2.45) is 0 Å². The Balaban J connectivity index is 0.00000133. The number of nitrogens with zero attached hydrogens (tertiary/aromatic N) is 3. The third-order valence-electron chi connectivity index (χ3n) is 3.31. The molecule has 0 saturated carbocycles. The molecule has 3 rings (SSSR count). The minimum atomic E-state index is 0. The maximum atomic E-state index is 5.35. The van der Waals surface area contributed by atoms with E-state index in [9.17, 15) is 0 Å². The van der Waals surface area contributed by atoms with E-state index >= 15 is 0 Å². The van der Waals surface area contributed by atoms with E-state index in [1.807, 2.05) is 13.0 Å². The molecule has 1 aliphatic rings. The molecule has 0 spiro atoms. The van der Waals surface area contributed by atoms with Crippen LogP contribution in [-0.2, 0) is 0 Å². The number of aryl methyl sites for hydroxylation is 1. The van der Waals surface area contributed by atoms with Crippen LogP contribution in [0.3, 0.4) is 0 Å². The Morgan fingerprint density at radius 3 is 3.00 bits per heavy atom. The predicted molar refractivity (Wildman–Crippen MR) is 72.2 cm³/mol. The fourth-order valence-corrected chi connectivity index (χ4v) is 2.15. The molecule has 0 bridgehead atoms. The molecule has 1 fully saturated rings. The highest BCUT2D eigenvalue weighted by atomic mass is 35.5. The normalized spacial score (nSPS) is 20.2. The zero-order valence-corrected chi connectivity index (χ0v) is 11.7. The van der Waals surface area contributed by atoms with Gasteiger partial charge in [0.15, 0.2) is 11.6 Å². The van der Waals surface area contributed by atoms with Crippen LogP contribution in [0.4, 0.5) is 0 Å². The lowest BCUT2D eigenvalue weighted by Gasteiger charge is -2.30. The van der Waals surface area contributed by atoms with Crippen LogP contribution < -0.4 is 5.32 Å². The van der Waals surface area contributed by atoms with Gasteiger partial charge in [-0.25, -0.2) is 0 Å². The molecule has 0 aliphatic carbocycles. The molecule has 1 unspecified atom stereocenters. The molecule has 7 heteroatoms. The molecule has 0 aromatic carbocycles. The van der Waals surface area contributed by atoms with E-state index in [0.29, 0.717) is 17.5 Å². The summed E-state index contributed by atoms with van der Waals surface area (Å²) in [6, 6.07) is 2.04. The van der Waals surface area contributed by atoms with Gasteiger partial charge in [-0.3, -0.25) is 4.90 Å². The summed E-state index contributed by atoms with van der Waals surface area (Å²) in [6.07, 6.45) is 1.63. The lowest BCUT2D eigenvalue weighted by molar-refractivity contribution is 0.190. The molecule has 1 N–H and O–H groups in total. The molecule has 3 heterocycles. The van der Waals surface area contributed by atoms with E-state index in [-0.39, 0.29) is 18.4 Å². The van der Waals surface area contributed by atoms with Crippen molar-refractivity contribution >= 4 is 12.4 Å². The van der Waals surface area contributed by atoms with E-state index in [1.165, 1.54) is 0 Å². The Morgan fingerprint density at radius 1 is 1.47 bits per heavy atom. The quantitative estimate of drug-likeness (QED) is 0.904. The lowest BCUT2D eigenvalue weighted by Crippen LogP contribution is -2.44. The maximum absolute atomic E-state index is 5.35. The largest absolute Gasteiger partial charge is 0.459 e. The van der Waals surface area contributed by atoms with Crippen molar-refractivity contribution in [1.29, 1.82) is 0 Å². The van der Waals surface area contributed by atoms with Crippen LogP contribution in [0.15, 0.2) is 21.3 Å². The van der Waals surface area contributed by atoms with Crippen LogP contribution >= 0.6 is 12.4 Å². The van der Waals surface area contributed by atoms with Gasteiger partial charge in [0.25, 0.3) is 5.89 Å². The zero-order chi connectivity index (χ0) is 12.5. The molecule has 1 saturated heterocycles. The highest BCUT2D eigenvalue weighted by Crippen LogP contribution is 2.25. The molecule has 2 aromatic rings. The number of piperazine rings is 1. The van der Waals surface area contributed by atoms with Crippen LogP contribution in [0.25, 0.3) is 11.7 Å². The third-order valence-corrected chi connectivity index (χ3v) is 3.31. The van der Waals surface area contributed by atoms with Crippen LogP contribution in [0, 0.1) is 6.92 Å². The average Bonchev–Trinajstić information content (AvgIpc) is 2.98. The average molecular weight is 285 g/mol. The Bertz CT molecular complexity index is 539. The van der Waals surface area contributed by atoms with Crippen LogP contribution in [-0.4, -0.2) is 41.7 Å². The Kier molecular flexibility index (Phi) is 4.24. The monoisotopic (exact) mass is 284 g/mol. The number of likely N-dealkylation sites (N-methyl/N-ethyl adjacent to an activating group) is 1. The van der Waals surface area contributed by atoms with Gasteiger partial charge in [0.2, 0.25) is 0 Å². The fourth-order valence-electron chi connectivity index (χ4n) is 2.15. The van der Waals surface area contributed by atoms with E-state index in [4.69, 9.17) is 8.94 Å². The number of hydrogen-bond donors (Lipinski definition) is 1. The number of hydrogen-bond acceptors (Lipinski definition) is 6. The molecule has 0 amide bonds. The summed E-state index contributed by atoms with van der Waals surface area (Å²) in [4.78, 5) is 6.66. The van der Waals surface area contributed by atoms with Crippen LogP contribution in [0.5, 0.6) is 0 Å². The van der Waals surface area contributed by atoms with Crippen molar-refractivity contribution in [2.45, 2.75) is 13.0 Å². The van der Waals surface area contributed by atoms with Crippen molar-refractivity contribution in [3.05, 3.63) is 23.7 Å². The van der Waals surface area contributed by atoms with Crippen molar-refractivity contribution in [2.75, 3.05) is 26.7 Å². The second-order valence-corrected chi connectivity index (χ2v) is 4.59. The summed E-state index contributed by atoms with van der Waals surface area (Å²) in [5.74, 6) is 1.81. The van der Waals surface area contributed by atoms with Gasteiger partial charge >= 0.3 is 0 Å². The second-order valence-electron chi connectivity index (χ2n) is 4.59. The first-order chi connectivity index (χ1) is 8.75. The Hall–Kier alpha value is -1.37. The van der Waals surface area contributed by atoms with Crippen LogP contribution in [0.1, 0.15) is 17.4 Å². The molecule has 1 aliphatic heterocycles.